The van der Waals surface area contributed by atoms with E-state index in [4.69, 9.17) is 0 Å². The molecule has 21 heavy (non-hydrogen) atoms. The van der Waals surface area contributed by atoms with Crippen molar-refractivity contribution in [2.75, 3.05) is 6.54 Å². The Morgan fingerprint density at radius 2 is 2.00 bits per heavy atom. The summed E-state index contributed by atoms with van der Waals surface area (Å²) in [6.07, 6.45) is 0. The molecule has 0 unspecified atom stereocenters. The smallest absolute Gasteiger partial charge is 0.282 e. The SMILES string of the molecule is CC(C)NC(=O)CN1C(=O)c2cccc([N+](=O)[O-])c2C1=O. The highest BCUT2D eigenvalue weighted by atomic mass is 16.6. The van der Waals surface area contributed by atoms with Gasteiger partial charge in [0.15, 0.2) is 0 Å². The van der Waals surface area contributed by atoms with E-state index < -0.39 is 34.9 Å². The van der Waals surface area contributed by atoms with Crippen LogP contribution in [0.25, 0.3) is 0 Å². The second-order valence-electron chi connectivity index (χ2n) is 4.88. The van der Waals surface area contributed by atoms with Gasteiger partial charge >= 0.3 is 0 Å². The molecule has 2 rings (SSSR count). The second-order valence-corrected chi connectivity index (χ2v) is 4.88. The Bertz CT molecular complexity index is 653. The first kappa shape index (κ1) is 14.6. The zero-order valence-corrected chi connectivity index (χ0v) is 11.5. The summed E-state index contributed by atoms with van der Waals surface area (Å²) < 4.78 is 0. The lowest BCUT2D eigenvalue weighted by atomic mass is 10.1. The van der Waals surface area contributed by atoms with Gasteiger partial charge in [-0.15, -0.1) is 0 Å². The van der Waals surface area contributed by atoms with Gasteiger partial charge in [0.25, 0.3) is 17.5 Å². The molecular weight excluding hydrogens is 278 g/mol. The highest BCUT2D eigenvalue weighted by Gasteiger charge is 2.41. The number of hydrogen-bond acceptors (Lipinski definition) is 5. The van der Waals surface area contributed by atoms with Crippen LogP contribution in [0.3, 0.4) is 0 Å². The van der Waals surface area contributed by atoms with E-state index >= 15 is 0 Å². The van der Waals surface area contributed by atoms with Gasteiger partial charge in [-0.3, -0.25) is 29.4 Å². The molecule has 0 saturated heterocycles. The first-order valence-electron chi connectivity index (χ1n) is 6.26. The van der Waals surface area contributed by atoms with E-state index in [9.17, 15) is 24.5 Å². The molecule has 0 saturated carbocycles. The highest BCUT2D eigenvalue weighted by Crippen LogP contribution is 2.30. The fourth-order valence-electron chi connectivity index (χ4n) is 2.12. The molecule has 8 nitrogen and oxygen atoms in total. The van der Waals surface area contributed by atoms with E-state index in [1.165, 1.54) is 12.1 Å². The number of carbonyl (C=O) groups is 3. The number of imide groups is 1. The normalized spacial score (nSPS) is 13.6. The van der Waals surface area contributed by atoms with Crippen molar-refractivity contribution in [3.05, 3.63) is 39.4 Å². The lowest BCUT2D eigenvalue weighted by molar-refractivity contribution is -0.385. The Morgan fingerprint density at radius 1 is 1.33 bits per heavy atom. The summed E-state index contributed by atoms with van der Waals surface area (Å²) >= 11 is 0. The van der Waals surface area contributed by atoms with Crippen LogP contribution < -0.4 is 5.32 Å². The predicted molar refractivity (Wildman–Crippen MR) is 71.7 cm³/mol. The molecule has 1 N–H and O–H groups in total. The van der Waals surface area contributed by atoms with E-state index in [0.717, 1.165) is 11.0 Å². The molecule has 0 aromatic heterocycles. The molecule has 1 aliphatic heterocycles. The highest BCUT2D eigenvalue weighted by molar-refractivity contribution is 6.24. The minimum absolute atomic E-state index is 0.0495. The molecule has 110 valence electrons. The fourth-order valence-corrected chi connectivity index (χ4v) is 2.12. The molecular formula is C13H13N3O5. The van der Waals surface area contributed by atoms with Crippen LogP contribution in [0.5, 0.6) is 0 Å². The molecule has 0 fully saturated rings. The molecule has 0 bridgehead atoms. The van der Waals surface area contributed by atoms with E-state index in [2.05, 4.69) is 5.32 Å². The van der Waals surface area contributed by atoms with E-state index in [-0.39, 0.29) is 17.2 Å². The van der Waals surface area contributed by atoms with Crippen molar-refractivity contribution < 1.29 is 19.3 Å². The molecule has 1 aliphatic rings. The van der Waals surface area contributed by atoms with Crippen molar-refractivity contribution in [1.82, 2.24) is 10.2 Å². The molecule has 3 amide bonds. The maximum Gasteiger partial charge on any atom is 0.282 e. The first-order valence-corrected chi connectivity index (χ1v) is 6.26. The number of nitro groups is 1. The van der Waals surface area contributed by atoms with Gasteiger partial charge in [-0.2, -0.15) is 0 Å². The monoisotopic (exact) mass is 291 g/mol. The van der Waals surface area contributed by atoms with Crippen molar-refractivity contribution in [1.29, 1.82) is 0 Å². The molecule has 1 aromatic carbocycles. The zero-order chi connectivity index (χ0) is 15.7. The summed E-state index contributed by atoms with van der Waals surface area (Å²) in [5, 5.41) is 13.5. The van der Waals surface area contributed by atoms with Gasteiger partial charge in [0.1, 0.15) is 12.1 Å². The van der Waals surface area contributed by atoms with E-state index in [0.29, 0.717) is 0 Å². The lowest BCUT2D eigenvalue weighted by Crippen LogP contribution is -2.42. The average molecular weight is 291 g/mol. The predicted octanol–water partition coefficient (Wildman–Crippen LogP) is 0.715. The maximum atomic E-state index is 12.2. The van der Waals surface area contributed by atoms with Gasteiger partial charge in [0.2, 0.25) is 5.91 Å². The summed E-state index contributed by atoms with van der Waals surface area (Å²) in [6.45, 7) is 3.03. The van der Waals surface area contributed by atoms with Crippen molar-refractivity contribution in [2.45, 2.75) is 19.9 Å². The molecule has 0 atom stereocenters. The Labute approximate surface area is 119 Å². The number of hydrogen-bond donors (Lipinski definition) is 1. The van der Waals surface area contributed by atoms with Gasteiger partial charge in [-0.1, -0.05) is 6.07 Å². The van der Waals surface area contributed by atoms with E-state index in [1.807, 2.05) is 0 Å². The molecule has 1 aromatic rings. The molecule has 0 radical (unpaired) electrons. The standard InChI is InChI=1S/C13H13N3O5/c1-7(2)14-10(17)6-15-12(18)8-4-3-5-9(16(20)21)11(8)13(15)19/h3-5,7H,6H2,1-2H3,(H,14,17). The van der Waals surface area contributed by atoms with Crippen molar-refractivity contribution in [3.63, 3.8) is 0 Å². The summed E-state index contributed by atoms with van der Waals surface area (Å²) in [7, 11) is 0. The van der Waals surface area contributed by atoms with Gasteiger partial charge in [-0.25, -0.2) is 0 Å². The summed E-state index contributed by atoms with van der Waals surface area (Å²) in [6, 6.07) is 3.69. The number of carbonyl (C=O) groups excluding carboxylic acids is 3. The van der Waals surface area contributed by atoms with Crippen LogP contribution in [0.15, 0.2) is 18.2 Å². The average Bonchev–Trinajstić information content (AvgIpc) is 2.63. The van der Waals surface area contributed by atoms with Gasteiger partial charge in [-0.05, 0) is 19.9 Å². The minimum Gasteiger partial charge on any atom is -0.352 e. The number of amides is 3. The first-order chi connectivity index (χ1) is 9.82. The Kier molecular flexibility index (Phi) is 3.70. The molecule has 0 aliphatic carbocycles. The number of benzene rings is 1. The van der Waals surface area contributed by atoms with E-state index in [1.54, 1.807) is 13.8 Å². The quantitative estimate of drug-likeness (QED) is 0.499. The van der Waals surface area contributed by atoms with Crippen LogP contribution in [0, 0.1) is 10.1 Å². The Hall–Kier alpha value is -2.77. The summed E-state index contributed by atoms with van der Waals surface area (Å²) in [4.78, 5) is 46.9. The van der Waals surface area contributed by atoms with Crippen LogP contribution in [0.1, 0.15) is 34.6 Å². The fraction of sp³-hybridized carbons (Fsp3) is 0.308. The van der Waals surface area contributed by atoms with Crippen LogP contribution in [0.2, 0.25) is 0 Å². The number of fused-ring (bicyclic) bond motifs is 1. The van der Waals surface area contributed by atoms with Gasteiger partial charge in [0, 0.05) is 12.1 Å². The van der Waals surface area contributed by atoms with Crippen molar-refractivity contribution in [2.24, 2.45) is 0 Å². The second kappa shape index (κ2) is 5.31. The lowest BCUT2D eigenvalue weighted by Gasteiger charge is -2.14. The summed E-state index contributed by atoms with van der Waals surface area (Å²) in [5.74, 6) is -2.01. The number of nitrogens with zero attached hydrogens (tertiary/aromatic N) is 2. The van der Waals surface area contributed by atoms with Crippen LogP contribution in [-0.4, -0.2) is 40.1 Å². The number of nitro benzene ring substituents is 1. The zero-order valence-electron chi connectivity index (χ0n) is 11.5. The summed E-state index contributed by atoms with van der Waals surface area (Å²) in [5.41, 5.74) is -0.742. The number of nitrogens with one attached hydrogen (secondary N) is 1. The minimum atomic E-state index is -0.818. The van der Waals surface area contributed by atoms with Crippen LogP contribution in [0.4, 0.5) is 5.69 Å². The topological polar surface area (TPSA) is 110 Å². The number of rotatable bonds is 4. The third-order valence-electron chi connectivity index (χ3n) is 2.93. The largest absolute Gasteiger partial charge is 0.352 e. The Morgan fingerprint density at radius 3 is 2.57 bits per heavy atom. The molecule has 1 heterocycles. The third kappa shape index (κ3) is 2.60. The van der Waals surface area contributed by atoms with Gasteiger partial charge in [0.05, 0.1) is 10.5 Å². The maximum absolute atomic E-state index is 12.2. The van der Waals surface area contributed by atoms with Crippen molar-refractivity contribution in [3.8, 4) is 0 Å². The molecule has 8 heteroatoms. The molecule has 0 spiro atoms. The van der Waals surface area contributed by atoms with Crippen molar-refractivity contribution >= 4 is 23.4 Å². The Balaban J connectivity index is 2.33. The third-order valence-corrected chi connectivity index (χ3v) is 2.93. The van der Waals surface area contributed by atoms with Crippen LogP contribution in [-0.2, 0) is 4.79 Å². The van der Waals surface area contributed by atoms with Crippen LogP contribution >= 0.6 is 0 Å². The van der Waals surface area contributed by atoms with Gasteiger partial charge < -0.3 is 5.32 Å².